The van der Waals surface area contributed by atoms with Crippen LogP contribution in [-0.2, 0) is 6.42 Å². The van der Waals surface area contributed by atoms with Crippen LogP contribution in [0.2, 0.25) is 0 Å². The summed E-state index contributed by atoms with van der Waals surface area (Å²) in [5.74, 6) is -0.418. The van der Waals surface area contributed by atoms with Crippen molar-refractivity contribution < 1.29 is 9.59 Å². The van der Waals surface area contributed by atoms with Gasteiger partial charge in [0.15, 0.2) is 5.78 Å². The zero-order chi connectivity index (χ0) is 25.8. The second-order valence-electron chi connectivity index (χ2n) is 8.82. The number of aryl methyl sites for hydroxylation is 1. The van der Waals surface area contributed by atoms with Gasteiger partial charge < -0.3 is 15.6 Å². The molecule has 0 aliphatic rings. The molecule has 1 heterocycles. The van der Waals surface area contributed by atoms with Gasteiger partial charge >= 0.3 is 0 Å². The molecule has 6 nitrogen and oxygen atoms in total. The Hall–Kier alpha value is -3.46. The highest BCUT2D eigenvalue weighted by molar-refractivity contribution is 14.1. The van der Waals surface area contributed by atoms with Gasteiger partial charge in [0.1, 0.15) is 0 Å². The van der Waals surface area contributed by atoms with E-state index < -0.39 is 0 Å². The Balaban J connectivity index is 1.41. The Morgan fingerprint density at radius 3 is 2.22 bits per heavy atom. The lowest BCUT2D eigenvalue weighted by Gasteiger charge is -2.17. The first kappa shape index (κ1) is 25.6. The third kappa shape index (κ3) is 5.51. The van der Waals surface area contributed by atoms with Crippen molar-refractivity contribution in [1.29, 1.82) is 0 Å². The molecule has 1 aromatic heterocycles. The second-order valence-corrected chi connectivity index (χ2v) is 9.90. The van der Waals surface area contributed by atoms with Gasteiger partial charge in [-0.25, -0.2) is 0 Å². The third-order valence-electron chi connectivity index (χ3n) is 6.18. The summed E-state index contributed by atoms with van der Waals surface area (Å²) < 4.78 is 0.732. The molecule has 4 aromatic rings. The van der Waals surface area contributed by atoms with Crippen molar-refractivity contribution in [2.24, 2.45) is 0 Å². The van der Waals surface area contributed by atoms with E-state index in [0.29, 0.717) is 23.0 Å². The summed E-state index contributed by atoms with van der Waals surface area (Å²) >= 11 is 2.12. The molecular weight excluding hydrogens is 565 g/mol. The van der Waals surface area contributed by atoms with Crippen LogP contribution in [0, 0.1) is 3.57 Å². The number of pyridine rings is 1. The standard InChI is InChI=1S/C29H28IN3O3/c1-4-19-5-7-20(8-6-19)21-9-11-22(12-10-21)29(36)33-17(2)15-31-25-14-13-24-26(27(25)30)28(35)23(16-32-24)18(3)34/h5-14,16-17,31H,4,15H2,1-3H3,(H,32,35)(H,33,36)/t17-/m0/s1. The highest BCUT2D eigenvalue weighted by atomic mass is 127. The summed E-state index contributed by atoms with van der Waals surface area (Å²) in [5.41, 5.74) is 5.38. The van der Waals surface area contributed by atoms with Crippen molar-refractivity contribution in [2.45, 2.75) is 33.2 Å². The van der Waals surface area contributed by atoms with Crippen molar-refractivity contribution in [3.63, 3.8) is 0 Å². The van der Waals surface area contributed by atoms with Crippen LogP contribution in [0.25, 0.3) is 22.0 Å². The predicted octanol–water partition coefficient (Wildman–Crippen LogP) is 5.80. The highest BCUT2D eigenvalue weighted by Crippen LogP contribution is 2.25. The molecule has 184 valence electrons. The van der Waals surface area contributed by atoms with E-state index in [2.05, 4.69) is 69.4 Å². The van der Waals surface area contributed by atoms with Gasteiger partial charge in [0.05, 0.1) is 16.5 Å². The molecule has 0 aliphatic heterocycles. The number of aromatic amines is 1. The Morgan fingerprint density at radius 2 is 1.61 bits per heavy atom. The van der Waals surface area contributed by atoms with Crippen LogP contribution in [0.1, 0.15) is 47.1 Å². The summed E-state index contributed by atoms with van der Waals surface area (Å²) in [5, 5.41) is 6.81. The van der Waals surface area contributed by atoms with Gasteiger partial charge in [-0.1, -0.05) is 43.3 Å². The number of aromatic nitrogens is 1. The van der Waals surface area contributed by atoms with Crippen molar-refractivity contribution >= 4 is 50.9 Å². The predicted molar refractivity (Wildman–Crippen MR) is 154 cm³/mol. The van der Waals surface area contributed by atoms with Crippen LogP contribution in [-0.4, -0.2) is 29.3 Å². The number of hydrogen-bond donors (Lipinski definition) is 3. The lowest BCUT2D eigenvalue weighted by Crippen LogP contribution is -2.37. The molecule has 0 bridgehead atoms. The molecule has 0 fully saturated rings. The third-order valence-corrected chi connectivity index (χ3v) is 7.30. The molecule has 7 heteroatoms. The van der Waals surface area contributed by atoms with Crippen molar-refractivity contribution in [3.8, 4) is 11.1 Å². The number of carbonyl (C=O) groups excluding carboxylic acids is 2. The quantitative estimate of drug-likeness (QED) is 0.178. The fourth-order valence-electron chi connectivity index (χ4n) is 4.03. The van der Waals surface area contributed by atoms with E-state index in [-0.39, 0.29) is 28.7 Å². The second kappa shape index (κ2) is 11.1. The van der Waals surface area contributed by atoms with Gasteiger partial charge in [-0.15, -0.1) is 0 Å². The van der Waals surface area contributed by atoms with E-state index >= 15 is 0 Å². The van der Waals surface area contributed by atoms with Crippen LogP contribution < -0.4 is 16.1 Å². The van der Waals surface area contributed by atoms with Crippen LogP contribution in [0.3, 0.4) is 0 Å². The fraction of sp³-hybridized carbons (Fsp3) is 0.207. The van der Waals surface area contributed by atoms with E-state index in [1.54, 1.807) is 0 Å². The van der Waals surface area contributed by atoms with Crippen molar-refractivity contribution in [2.75, 3.05) is 11.9 Å². The molecule has 0 radical (unpaired) electrons. The van der Waals surface area contributed by atoms with Crippen LogP contribution >= 0.6 is 22.6 Å². The molecule has 3 N–H and O–H groups in total. The smallest absolute Gasteiger partial charge is 0.251 e. The molecular formula is C29H28IN3O3. The minimum atomic E-state index is -0.282. The minimum Gasteiger partial charge on any atom is -0.382 e. The van der Waals surface area contributed by atoms with Gasteiger partial charge in [0.25, 0.3) is 5.91 Å². The number of hydrogen-bond acceptors (Lipinski definition) is 4. The summed E-state index contributed by atoms with van der Waals surface area (Å²) in [7, 11) is 0. The van der Waals surface area contributed by atoms with Crippen molar-refractivity contribution in [3.05, 3.63) is 97.3 Å². The maximum atomic E-state index is 12.8. The normalized spacial score (nSPS) is 11.8. The maximum Gasteiger partial charge on any atom is 0.251 e. The van der Waals surface area contributed by atoms with Gasteiger partial charge in [-0.05, 0) is 83.8 Å². The van der Waals surface area contributed by atoms with Crippen LogP contribution in [0.4, 0.5) is 5.69 Å². The lowest BCUT2D eigenvalue weighted by atomic mass is 10.0. The number of ketones is 1. The summed E-state index contributed by atoms with van der Waals surface area (Å²) in [6.45, 7) is 5.91. The number of H-pyrrole nitrogens is 1. The molecule has 0 aliphatic carbocycles. The fourth-order valence-corrected chi connectivity index (χ4v) is 4.94. The molecule has 1 atom stereocenters. The SMILES string of the molecule is CCc1ccc(-c2ccc(C(=O)N[C@@H](C)CNc3ccc4[nH]cc(C(C)=O)c(=O)c4c3I)cc2)cc1. The highest BCUT2D eigenvalue weighted by Gasteiger charge is 2.15. The zero-order valence-electron chi connectivity index (χ0n) is 20.4. The van der Waals surface area contributed by atoms with E-state index in [9.17, 15) is 14.4 Å². The summed E-state index contributed by atoms with van der Waals surface area (Å²) in [6.07, 6.45) is 2.47. The lowest BCUT2D eigenvalue weighted by molar-refractivity contribution is 0.0941. The average Bonchev–Trinajstić information content (AvgIpc) is 2.88. The van der Waals surface area contributed by atoms with Gasteiger partial charge in [0.2, 0.25) is 5.43 Å². The Kier molecular flexibility index (Phi) is 7.88. The van der Waals surface area contributed by atoms with Gasteiger partial charge in [-0.2, -0.15) is 0 Å². The average molecular weight is 593 g/mol. The minimum absolute atomic E-state index is 0.141. The number of benzene rings is 3. The number of halogens is 1. The molecule has 0 saturated heterocycles. The molecule has 0 spiro atoms. The molecule has 4 rings (SSSR count). The zero-order valence-corrected chi connectivity index (χ0v) is 22.6. The van der Waals surface area contributed by atoms with Crippen LogP contribution in [0.15, 0.2) is 71.7 Å². The maximum absolute atomic E-state index is 12.8. The Labute approximate surface area is 223 Å². The molecule has 0 unspecified atom stereocenters. The van der Waals surface area contributed by atoms with Gasteiger partial charge in [0, 0.05) is 33.6 Å². The largest absolute Gasteiger partial charge is 0.382 e. The number of Topliss-reactive ketones (excluding diaryl/α,β-unsaturated/α-hetero) is 1. The topological polar surface area (TPSA) is 91.1 Å². The van der Waals surface area contributed by atoms with E-state index in [1.807, 2.05) is 43.3 Å². The molecule has 3 aromatic carbocycles. The number of amides is 1. The number of rotatable bonds is 8. The van der Waals surface area contributed by atoms with Crippen molar-refractivity contribution in [1.82, 2.24) is 10.3 Å². The molecule has 1 amide bonds. The Bertz CT molecular complexity index is 1480. The van der Waals surface area contributed by atoms with E-state index in [1.165, 1.54) is 18.7 Å². The van der Waals surface area contributed by atoms with E-state index in [4.69, 9.17) is 0 Å². The number of carbonyl (C=O) groups is 2. The summed E-state index contributed by atoms with van der Waals surface area (Å²) in [6, 6.07) is 19.6. The Morgan fingerprint density at radius 1 is 0.972 bits per heavy atom. The first-order valence-electron chi connectivity index (χ1n) is 11.9. The summed E-state index contributed by atoms with van der Waals surface area (Å²) in [4.78, 5) is 40.4. The van der Waals surface area contributed by atoms with E-state index in [0.717, 1.165) is 26.8 Å². The molecule has 0 saturated carbocycles. The number of anilines is 1. The first-order valence-corrected chi connectivity index (χ1v) is 12.9. The van der Waals surface area contributed by atoms with Crippen LogP contribution in [0.5, 0.6) is 0 Å². The molecule has 36 heavy (non-hydrogen) atoms. The number of fused-ring (bicyclic) bond motifs is 1. The first-order chi connectivity index (χ1) is 17.3. The number of nitrogens with one attached hydrogen (secondary N) is 3. The van der Waals surface area contributed by atoms with Gasteiger partial charge in [-0.3, -0.25) is 14.4 Å². The monoisotopic (exact) mass is 593 g/mol.